The molecule has 1 aromatic carbocycles. The van der Waals surface area contributed by atoms with E-state index in [0.717, 1.165) is 0 Å². The van der Waals surface area contributed by atoms with Crippen LogP contribution in [0.5, 0.6) is 0 Å². The third kappa shape index (κ3) is 2.76. The Hall–Kier alpha value is -2.74. The maximum atomic E-state index is 13.1. The number of pyridine rings is 1. The Kier molecular flexibility index (Phi) is 3.84. The topological polar surface area (TPSA) is 65.8 Å². The van der Waals surface area contributed by atoms with Crippen molar-refractivity contribution in [1.82, 2.24) is 9.99 Å². The van der Waals surface area contributed by atoms with Gasteiger partial charge in [-0.25, -0.2) is 0 Å². The highest BCUT2D eigenvalue weighted by molar-refractivity contribution is 5.99. The number of hydrazone groups is 1. The second kappa shape index (κ2) is 5.72. The normalized spacial score (nSPS) is 20.8. The molecule has 1 aliphatic heterocycles. The molecule has 1 N–H and O–H groups in total. The van der Waals surface area contributed by atoms with E-state index in [1.807, 2.05) is 0 Å². The zero-order chi connectivity index (χ0) is 17.4. The molecule has 0 saturated heterocycles. The number of nitrogens with zero attached hydrogens (tertiary/aromatic N) is 3. The molecule has 5 nitrogen and oxygen atoms in total. The van der Waals surface area contributed by atoms with Crippen molar-refractivity contribution in [3.8, 4) is 0 Å². The van der Waals surface area contributed by atoms with E-state index in [2.05, 4.69) is 10.1 Å². The summed E-state index contributed by atoms with van der Waals surface area (Å²) in [5.74, 6) is -0.867. The lowest BCUT2D eigenvalue weighted by Crippen LogP contribution is -2.43. The summed E-state index contributed by atoms with van der Waals surface area (Å²) in [4.78, 5) is 16.3. The Bertz CT molecular complexity index is 778. The van der Waals surface area contributed by atoms with E-state index in [9.17, 15) is 23.1 Å². The number of halogens is 3. The molecule has 124 valence electrons. The number of rotatable bonds is 2. The number of amides is 1. The molecule has 0 aliphatic carbocycles. The molecule has 2 aromatic rings. The smallest absolute Gasteiger partial charge is 0.365 e. The van der Waals surface area contributed by atoms with E-state index < -0.39 is 29.9 Å². The summed E-state index contributed by atoms with van der Waals surface area (Å²) in [6.45, 7) is 0. The minimum atomic E-state index is -4.74. The van der Waals surface area contributed by atoms with Crippen LogP contribution in [0.3, 0.4) is 0 Å². The van der Waals surface area contributed by atoms with Crippen molar-refractivity contribution >= 4 is 11.6 Å². The average Bonchev–Trinajstić information content (AvgIpc) is 2.95. The van der Waals surface area contributed by atoms with Crippen LogP contribution in [0.15, 0.2) is 60.0 Å². The Morgan fingerprint density at radius 2 is 1.88 bits per heavy atom. The highest BCUT2D eigenvalue weighted by atomic mass is 19.4. The molecule has 1 aromatic heterocycles. The van der Waals surface area contributed by atoms with Gasteiger partial charge in [-0.05, 0) is 12.1 Å². The van der Waals surface area contributed by atoms with Crippen molar-refractivity contribution in [3.63, 3.8) is 0 Å². The van der Waals surface area contributed by atoms with Gasteiger partial charge in [0.05, 0.1) is 12.0 Å². The largest absolute Gasteiger partial charge is 0.431 e. The monoisotopic (exact) mass is 335 g/mol. The van der Waals surface area contributed by atoms with E-state index in [1.165, 1.54) is 36.7 Å². The average molecular weight is 335 g/mol. The van der Waals surface area contributed by atoms with Crippen LogP contribution >= 0.6 is 0 Å². The van der Waals surface area contributed by atoms with Gasteiger partial charge in [-0.1, -0.05) is 30.3 Å². The van der Waals surface area contributed by atoms with Crippen LogP contribution in [0, 0.1) is 0 Å². The van der Waals surface area contributed by atoms with Crippen LogP contribution in [0.2, 0.25) is 0 Å². The van der Waals surface area contributed by atoms with Gasteiger partial charge in [0.1, 0.15) is 5.71 Å². The van der Waals surface area contributed by atoms with Crippen molar-refractivity contribution in [1.29, 1.82) is 0 Å². The second-order valence-electron chi connectivity index (χ2n) is 5.26. The van der Waals surface area contributed by atoms with Crippen LogP contribution in [0.25, 0.3) is 0 Å². The summed E-state index contributed by atoms with van der Waals surface area (Å²) in [5.41, 5.74) is -3.26. The van der Waals surface area contributed by atoms with Gasteiger partial charge in [-0.2, -0.15) is 23.3 Å². The molecule has 0 saturated carbocycles. The number of carbonyl (C=O) groups excluding carboxylic acids is 1. The predicted molar refractivity (Wildman–Crippen MR) is 78.9 cm³/mol. The molecule has 3 rings (SSSR count). The highest BCUT2D eigenvalue weighted by Crippen LogP contribution is 2.40. The molecule has 2 heterocycles. The number of carbonyl (C=O) groups is 1. The Balaban J connectivity index is 2.07. The van der Waals surface area contributed by atoms with Gasteiger partial charge in [0, 0.05) is 18.0 Å². The lowest BCUT2D eigenvalue weighted by Gasteiger charge is -2.31. The van der Waals surface area contributed by atoms with Crippen LogP contribution < -0.4 is 0 Å². The summed E-state index contributed by atoms with van der Waals surface area (Å²) < 4.78 is 39.2. The summed E-state index contributed by atoms with van der Waals surface area (Å²) in [7, 11) is 0. The molecule has 1 aliphatic rings. The fourth-order valence-electron chi connectivity index (χ4n) is 2.46. The molecule has 0 fully saturated rings. The fraction of sp³-hybridized carbons (Fsp3) is 0.188. The molecule has 0 spiro atoms. The van der Waals surface area contributed by atoms with Crippen molar-refractivity contribution in [3.05, 3.63) is 66.0 Å². The standard InChI is InChI=1S/C16H12F3N3O2/c17-16(18,19)13-9-15(24,12-6-2-1-3-7-12)22(21-13)14(23)11-5-4-8-20-10-11/h1-8,10,24H,9H2. The number of aromatic nitrogens is 1. The summed E-state index contributed by atoms with van der Waals surface area (Å²) in [6, 6.07) is 10.5. The second-order valence-corrected chi connectivity index (χ2v) is 5.26. The zero-order valence-corrected chi connectivity index (χ0v) is 12.2. The molecule has 8 heteroatoms. The fourth-order valence-corrected chi connectivity index (χ4v) is 2.46. The van der Waals surface area contributed by atoms with Crippen molar-refractivity contribution < 1.29 is 23.1 Å². The van der Waals surface area contributed by atoms with Gasteiger partial charge in [-0.15, -0.1) is 0 Å². The first-order valence-corrected chi connectivity index (χ1v) is 6.99. The highest BCUT2D eigenvalue weighted by Gasteiger charge is 2.53. The molecule has 1 atom stereocenters. The van der Waals surface area contributed by atoms with Crippen molar-refractivity contribution in [2.45, 2.75) is 18.3 Å². The van der Waals surface area contributed by atoms with Gasteiger partial charge in [0.25, 0.3) is 5.91 Å². The lowest BCUT2D eigenvalue weighted by molar-refractivity contribution is -0.0816. The number of hydrogen-bond donors (Lipinski definition) is 1. The first kappa shape index (κ1) is 16.1. The third-order valence-corrected chi connectivity index (χ3v) is 3.65. The molecule has 0 radical (unpaired) electrons. The first-order chi connectivity index (χ1) is 11.3. The minimum Gasteiger partial charge on any atom is -0.365 e. The third-order valence-electron chi connectivity index (χ3n) is 3.65. The van der Waals surface area contributed by atoms with Gasteiger partial charge in [0.15, 0.2) is 5.72 Å². The molecule has 1 amide bonds. The number of alkyl halides is 3. The van der Waals surface area contributed by atoms with E-state index in [0.29, 0.717) is 5.01 Å². The van der Waals surface area contributed by atoms with Crippen LogP contribution in [0.4, 0.5) is 13.2 Å². The van der Waals surface area contributed by atoms with E-state index in [1.54, 1.807) is 18.2 Å². The zero-order valence-electron chi connectivity index (χ0n) is 12.2. The molecule has 24 heavy (non-hydrogen) atoms. The SMILES string of the molecule is O=C(c1cccnc1)N1N=C(C(F)(F)F)CC1(O)c1ccccc1. The Labute approximate surface area is 135 Å². The first-order valence-electron chi connectivity index (χ1n) is 6.99. The number of aliphatic hydroxyl groups is 1. The van der Waals surface area contributed by atoms with Crippen molar-refractivity contribution in [2.75, 3.05) is 0 Å². The van der Waals surface area contributed by atoms with Crippen LogP contribution in [0.1, 0.15) is 22.3 Å². The van der Waals surface area contributed by atoms with Gasteiger partial charge in [0.2, 0.25) is 0 Å². The van der Waals surface area contributed by atoms with E-state index in [-0.39, 0.29) is 11.1 Å². The summed E-state index contributed by atoms with van der Waals surface area (Å²) >= 11 is 0. The number of benzene rings is 1. The maximum absolute atomic E-state index is 13.1. The maximum Gasteiger partial charge on any atom is 0.431 e. The van der Waals surface area contributed by atoms with Crippen molar-refractivity contribution in [2.24, 2.45) is 5.10 Å². The summed E-state index contributed by atoms with van der Waals surface area (Å²) in [6.07, 6.45) is -2.96. The van der Waals surface area contributed by atoms with Gasteiger partial charge >= 0.3 is 6.18 Å². The quantitative estimate of drug-likeness (QED) is 0.918. The molecular weight excluding hydrogens is 323 g/mol. The van der Waals surface area contributed by atoms with Crippen LogP contribution in [-0.2, 0) is 5.72 Å². The van der Waals surface area contributed by atoms with Gasteiger partial charge < -0.3 is 5.11 Å². The Morgan fingerprint density at radius 1 is 1.17 bits per heavy atom. The lowest BCUT2D eigenvalue weighted by atomic mass is 9.97. The van der Waals surface area contributed by atoms with Crippen LogP contribution in [-0.4, -0.2) is 32.9 Å². The predicted octanol–water partition coefficient (Wildman–Crippen LogP) is 2.69. The minimum absolute atomic E-state index is 0.0269. The summed E-state index contributed by atoms with van der Waals surface area (Å²) in [5, 5.41) is 14.7. The molecule has 1 unspecified atom stereocenters. The Morgan fingerprint density at radius 3 is 2.46 bits per heavy atom. The molecule has 0 bridgehead atoms. The number of hydrogen-bond acceptors (Lipinski definition) is 4. The van der Waals surface area contributed by atoms with E-state index >= 15 is 0 Å². The van der Waals surface area contributed by atoms with Gasteiger partial charge in [-0.3, -0.25) is 9.78 Å². The van der Waals surface area contributed by atoms with E-state index in [4.69, 9.17) is 0 Å². The molecular formula is C16H12F3N3O2.